The summed E-state index contributed by atoms with van der Waals surface area (Å²) in [7, 11) is 0. The first-order valence-corrected chi connectivity index (χ1v) is 7.96. The zero-order valence-corrected chi connectivity index (χ0v) is 12.7. The van der Waals surface area contributed by atoms with Gasteiger partial charge >= 0.3 is 0 Å². The first-order chi connectivity index (χ1) is 9.70. The van der Waals surface area contributed by atoms with Crippen LogP contribution in [-0.4, -0.2) is 41.1 Å². The summed E-state index contributed by atoms with van der Waals surface area (Å²) in [5.41, 5.74) is 0.740. The molecule has 2 atom stereocenters. The first-order valence-electron chi connectivity index (χ1n) is 7.58. The maximum Gasteiger partial charge on any atom is 0.270 e. The van der Waals surface area contributed by atoms with Gasteiger partial charge < -0.3 is 14.8 Å². The molecule has 1 aromatic heterocycles. The van der Waals surface area contributed by atoms with Crippen LogP contribution in [0.1, 0.15) is 36.7 Å². The van der Waals surface area contributed by atoms with Crippen molar-refractivity contribution >= 4 is 17.5 Å². The van der Waals surface area contributed by atoms with Crippen LogP contribution in [0, 0.1) is 5.92 Å². The van der Waals surface area contributed by atoms with Crippen molar-refractivity contribution in [2.75, 3.05) is 19.6 Å². The zero-order valence-electron chi connectivity index (χ0n) is 11.9. The van der Waals surface area contributed by atoms with Gasteiger partial charge in [-0.2, -0.15) is 0 Å². The van der Waals surface area contributed by atoms with Crippen molar-refractivity contribution < 1.29 is 4.79 Å². The van der Waals surface area contributed by atoms with Gasteiger partial charge in [0.1, 0.15) is 5.69 Å². The van der Waals surface area contributed by atoms with E-state index in [2.05, 4.69) is 17.1 Å². The van der Waals surface area contributed by atoms with Gasteiger partial charge in [-0.05, 0) is 31.2 Å². The van der Waals surface area contributed by atoms with Crippen LogP contribution in [0.25, 0.3) is 0 Å². The van der Waals surface area contributed by atoms with Crippen LogP contribution < -0.4 is 5.32 Å². The van der Waals surface area contributed by atoms with E-state index in [-0.39, 0.29) is 5.91 Å². The highest BCUT2D eigenvalue weighted by molar-refractivity contribution is 6.31. The van der Waals surface area contributed by atoms with Crippen LogP contribution in [-0.2, 0) is 6.54 Å². The molecule has 5 heteroatoms. The van der Waals surface area contributed by atoms with E-state index >= 15 is 0 Å². The molecule has 0 saturated carbocycles. The number of carbonyl (C=O) groups is 1. The van der Waals surface area contributed by atoms with E-state index in [9.17, 15) is 4.79 Å². The Balaban J connectivity index is 1.84. The third kappa shape index (κ3) is 2.47. The van der Waals surface area contributed by atoms with Crippen LogP contribution in [0.5, 0.6) is 0 Å². The van der Waals surface area contributed by atoms with Crippen LogP contribution in [0.15, 0.2) is 12.3 Å². The molecule has 0 radical (unpaired) electrons. The number of hydrogen-bond acceptors (Lipinski definition) is 2. The number of halogens is 1. The fourth-order valence-electron chi connectivity index (χ4n) is 3.55. The Labute approximate surface area is 125 Å². The second-order valence-corrected chi connectivity index (χ2v) is 6.30. The number of aryl methyl sites for hydroxylation is 1. The molecule has 3 rings (SSSR count). The third-order valence-electron chi connectivity index (χ3n) is 4.49. The van der Waals surface area contributed by atoms with E-state index in [1.165, 1.54) is 6.42 Å². The zero-order chi connectivity index (χ0) is 14.1. The quantitative estimate of drug-likeness (QED) is 0.929. The maximum absolute atomic E-state index is 12.9. The lowest BCUT2D eigenvalue weighted by atomic mass is 9.92. The van der Waals surface area contributed by atoms with E-state index in [1.807, 2.05) is 16.8 Å². The van der Waals surface area contributed by atoms with Gasteiger partial charge in [0, 0.05) is 38.4 Å². The van der Waals surface area contributed by atoms with E-state index in [0.717, 1.165) is 44.7 Å². The fourth-order valence-corrected chi connectivity index (χ4v) is 3.77. The van der Waals surface area contributed by atoms with Crippen LogP contribution >= 0.6 is 11.6 Å². The van der Waals surface area contributed by atoms with E-state index < -0.39 is 0 Å². The third-order valence-corrected chi connectivity index (χ3v) is 4.69. The highest BCUT2D eigenvalue weighted by Crippen LogP contribution is 2.28. The van der Waals surface area contributed by atoms with Crippen LogP contribution in [0.3, 0.4) is 0 Å². The molecule has 2 saturated heterocycles. The Morgan fingerprint density at radius 1 is 1.50 bits per heavy atom. The summed E-state index contributed by atoms with van der Waals surface area (Å²) in [5, 5.41) is 4.07. The second kappa shape index (κ2) is 5.78. The largest absolute Gasteiger partial charge is 0.342 e. The average molecular weight is 296 g/mol. The summed E-state index contributed by atoms with van der Waals surface area (Å²) in [6.45, 7) is 5.80. The van der Waals surface area contributed by atoms with Gasteiger partial charge in [0.05, 0.1) is 5.02 Å². The van der Waals surface area contributed by atoms with Gasteiger partial charge in [0.2, 0.25) is 0 Å². The number of carbonyl (C=O) groups excluding carboxylic acids is 1. The number of amides is 1. The predicted octanol–water partition coefficient (Wildman–Crippen LogP) is 2.38. The molecule has 1 amide bonds. The topological polar surface area (TPSA) is 37.3 Å². The van der Waals surface area contributed by atoms with E-state index in [0.29, 0.717) is 17.0 Å². The molecule has 110 valence electrons. The van der Waals surface area contributed by atoms with Crippen molar-refractivity contribution in [3.63, 3.8) is 0 Å². The van der Waals surface area contributed by atoms with E-state index in [4.69, 9.17) is 11.6 Å². The van der Waals surface area contributed by atoms with Crippen LogP contribution in [0.2, 0.25) is 5.02 Å². The molecular weight excluding hydrogens is 274 g/mol. The monoisotopic (exact) mass is 295 g/mol. The molecule has 2 unspecified atom stereocenters. The van der Waals surface area contributed by atoms with Gasteiger partial charge in [0.15, 0.2) is 0 Å². The standard InChI is InChI=1S/C15H22ClN3O/c1-2-5-18-10-12(16)7-13(18)15(20)19-6-3-4-11-8-17-9-14(11)19/h7,10-11,14,17H,2-6,8-9H2,1H3. The summed E-state index contributed by atoms with van der Waals surface area (Å²) in [6, 6.07) is 2.17. The molecule has 20 heavy (non-hydrogen) atoms. The highest BCUT2D eigenvalue weighted by Gasteiger charge is 2.38. The van der Waals surface area contributed by atoms with Crippen molar-refractivity contribution in [3.8, 4) is 0 Å². The summed E-state index contributed by atoms with van der Waals surface area (Å²) in [6.07, 6.45) is 5.21. The molecule has 0 aromatic carbocycles. The molecule has 0 spiro atoms. The summed E-state index contributed by atoms with van der Waals surface area (Å²) < 4.78 is 2.00. The van der Waals surface area contributed by atoms with Crippen LogP contribution in [0.4, 0.5) is 0 Å². The molecule has 1 aromatic rings. The number of nitrogens with one attached hydrogen (secondary N) is 1. The van der Waals surface area contributed by atoms with Crippen molar-refractivity contribution in [1.29, 1.82) is 0 Å². The lowest BCUT2D eigenvalue weighted by Gasteiger charge is -2.37. The Morgan fingerprint density at radius 3 is 3.15 bits per heavy atom. The second-order valence-electron chi connectivity index (χ2n) is 5.86. The predicted molar refractivity (Wildman–Crippen MR) is 80.2 cm³/mol. The van der Waals surface area contributed by atoms with Gasteiger partial charge in [-0.25, -0.2) is 0 Å². The number of piperidine rings is 1. The summed E-state index contributed by atoms with van der Waals surface area (Å²) >= 11 is 6.09. The molecule has 2 aliphatic rings. The van der Waals surface area contributed by atoms with Gasteiger partial charge in [0.25, 0.3) is 5.91 Å². The Hall–Kier alpha value is -1.00. The minimum Gasteiger partial charge on any atom is -0.342 e. The molecule has 3 heterocycles. The minimum atomic E-state index is 0.142. The van der Waals surface area contributed by atoms with Crippen molar-refractivity contribution in [2.45, 2.75) is 38.8 Å². The molecule has 1 N–H and O–H groups in total. The van der Waals surface area contributed by atoms with Crippen molar-refractivity contribution in [3.05, 3.63) is 23.0 Å². The lowest BCUT2D eigenvalue weighted by Crippen LogP contribution is -2.48. The lowest BCUT2D eigenvalue weighted by molar-refractivity contribution is 0.0563. The highest BCUT2D eigenvalue weighted by atomic mass is 35.5. The molecule has 2 fully saturated rings. The molecule has 0 bridgehead atoms. The molecule has 2 aliphatic heterocycles. The summed E-state index contributed by atoms with van der Waals surface area (Å²) in [5.74, 6) is 0.765. The van der Waals surface area contributed by atoms with Gasteiger partial charge in [-0.3, -0.25) is 4.79 Å². The normalized spacial score (nSPS) is 25.8. The maximum atomic E-state index is 12.9. The Morgan fingerprint density at radius 2 is 2.35 bits per heavy atom. The Kier molecular flexibility index (Phi) is 4.03. The number of nitrogens with zero attached hydrogens (tertiary/aromatic N) is 2. The Bertz CT molecular complexity index is 499. The van der Waals surface area contributed by atoms with Gasteiger partial charge in [-0.1, -0.05) is 18.5 Å². The molecule has 0 aliphatic carbocycles. The number of likely N-dealkylation sites (tertiary alicyclic amines) is 1. The van der Waals surface area contributed by atoms with E-state index in [1.54, 1.807) is 0 Å². The average Bonchev–Trinajstić information content (AvgIpc) is 3.04. The SMILES string of the molecule is CCCn1cc(Cl)cc1C(=O)N1CCCC2CNCC21. The molecule has 4 nitrogen and oxygen atoms in total. The van der Waals surface area contributed by atoms with Crippen molar-refractivity contribution in [2.24, 2.45) is 5.92 Å². The minimum absolute atomic E-state index is 0.142. The first kappa shape index (κ1) is 14.0. The van der Waals surface area contributed by atoms with Crippen molar-refractivity contribution in [1.82, 2.24) is 14.8 Å². The smallest absolute Gasteiger partial charge is 0.270 e. The number of rotatable bonds is 3. The van der Waals surface area contributed by atoms with Gasteiger partial charge in [-0.15, -0.1) is 0 Å². The fraction of sp³-hybridized carbons (Fsp3) is 0.667. The number of aromatic nitrogens is 1. The number of hydrogen-bond donors (Lipinski definition) is 1. The molecular formula is C15H22ClN3O. The summed E-state index contributed by atoms with van der Waals surface area (Å²) in [4.78, 5) is 14.9. The number of fused-ring (bicyclic) bond motifs is 1.